The molecule has 0 aliphatic rings. The van der Waals surface area contributed by atoms with Gasteiger partial charge < -0.3 is 28.5 Å². The van der Waals surface area contributed by atoms with Crippen LogP contribution < -0.4 is 10.2 Å². The summed E-state index contributed by atoms with van der Waals surface area (Å²) in [6, 6.07) is -0.892. The van der Waals surface area contributed by atoms with Gasteiger partial charge in [-0.3, -0.25) is 14.2 Å². The first kappa shape index (κ1) is 70.0. The summed E-state index contributed by atoms with van der Waals surface area (Å²) in [4.78, 5) is 39.9. The monoisotopic (exact) mass is 1030 g/mol. The Morgan fingerprint density at radius 2 is 0.847 bits per heavy atom. The van der Waals surface area contributed by atoms with Crippen molar-refractivity contribution < 1.29 is 37.3 Å². The quantitative estimate of drug-likeness (QED) is 0.0212. The Morgan fingerprint density at radius 3 is 1.29 bits per heavy atom. The minimum Gasteiger partial charge on any atom is -0.756 e. The highest BCUT2D eigenvalue weighted by molar-refractivity contribution is 7.45. The number of nitrogens with zero attached hydrogens (tertiary/aromatic N) is 1. The molecule has 9 nitrogen and oxygen atoms in total. The van der Waals surface area contributed by atoms with Crippen LogP contribution in [-0.2, 0) is 27.9 Å². The molecular weight excluding hydrogens is 916 g/mol. The Hall–Kier alpha value is -2.03. The first-order valence-electron chi connectivity index (χ1n) is 30.4. The van der Waals surface area contributed by atoms with Crippen molar-refractivity contribution in [1.29, 1.82) is 0 Å². The fraction of sp³-hybridized carbons (Fsp3) is 0.839. The molecule has 0 spiro atoms. The molecule has 3 atom stereocenters. The lowest BCUT2D eigenvalue weighted by Crippen LogP contribution is -2.47. The van der Waals surface area contributed by atoms with Crippen molar-refractivity contribution >= 4 is 19.7 Å². The Balaban J connectivity index is 5.32. The molecule has 0 bridgehead atoms. The van der Waals surface area contributed by atoms with Gasteiger partial charge in [0.2, 0.25) is 5.91 Å². The lowest BCUT2D eigenvalue weighted by Gasteiger charge is -2.30. The summed E-state index contributed by atoms with van der Waals surface area (Å²) in [6.45, 7) is 6.83. The molecule has 422 valence electrons. The molecule has 0 saturated carbocycles. The molecule has 0 radical (unpaired) electrons. The summed E-state index contributed by atoms with van der Waals surface area (Å²) in [7, 11) is 1.18. The predicted molar refractivity (Wildman–Crippen MR) is 307 cm³/mol. The molecule has 0 aromatic rings. The molecule has 0 saturated heterocycles. The number of rotatable bonds is 55. The molecule has 0 aliphatic heterocycles. The van der Waals surface area contributed by atoms with Crippen molar-refractivity contribution in [2.24, 2.45) is 0 Å². The van der Waals surface area contributed by atoms with Crippen LogP contribution in [-0.4, -0.2) is 69.4 Å². The minimum absolute atomic E-state index is 0.0242. The van der Waals surface area contributed by atoms with E-state index in [0.717, 1.165) is 89.9 Å². The summed E-state index contributed by atoms with van der Waals surface area (Å²) in [5, 5.41) is 3.02. The molecule has 0 rings (SSSR count). The molecule has 1 N–H and O–H groups in total. The number of ether oxygens (including phenoxy) is 1. The third-order valence-corrected chi connectivity index (χ3v) is 14.5. The number of esters is 1. The zero-order chi connectivity index (χ0) is 52.9. The second-order valence-corrected chi connectivity index (χ2v) is 23.3. The van der Waals surface area contributed by atoms with Crippen molar-refractivity contribution in [3.05, 3.63) is 48.6 Å². The smallest absolute Gasteiger partial charge is 0.306 e. The number of nitrogens with one attached hydrogen (secondary N) is 1. The summed E-state index contributed by atoms with van der Waals surface area (Å²) in [5.74, 6) is -0.546. The number of phosphoric ester groups is 1. The summed E-state index contributed by atoms with van der Waals surface area (Å²) < 4.78 is 30.3. The fourth-order valence-corrected chi connectivity index (χ4v) is 9.49. The highest BCUT2D eigenvalue weighted by atomic mass is 31.2. The van der Waals surface area contributed by atoms with Crippen LogP contribution in [0.25, 0.3) is 0 Å². The number of hydrogen-bond donors (Lipinski definition) is 1. The number of phosphoric acid groups is 1. The van der Waals surface area contributed by atoms with Crippen LogP contribution in [0.5, 0.6) is 0 Å². The molecule has 1 amide bonds. The summed E-state index contributed by atoms with van der Waals surface area (Å²) in [5.41, 5.74) is 0. The van der Waals surface area contributed by atoms with Gasteiger partial charge in [-0.15, -0.1) is 0 Å². The maximum atomic E-state index is 13.5. The third kappa shape index (κ3) is 52.8. The molecule has 3 unspecified atom stereocenters. The SMILES string of the molecule is CCCCC/C=C\C/C=C\C/C=C\CCCCCCCCC(=O)NC(COP(=O)([O-])OCC[N+](C)(C)C)C(/C=C\CCCCCCCCCCCCC)OC(=O)CCCCCCCCCCCCCCCC. The van der Waals surface area contributed by atoms with Crippen LogP contribution in [0.3, 0.4) is 0 Å². The normalized spacial score (nSPS) is 14.0. The van der Waals surface area contributed by atoms with Crippen LogP contribution >= 0.6 is 7.82 Å². The van der Waals surface area contributed by atoms with E-state index in [0.29, 0.717) is 17.4 Å². The second kappa shape index (κ2) is 52.4. The first-order chi connectivity index (χ1) is 34.9. The minimum atomic E-state index is -4.70. The summed E-state index contributed by atoms with van der Waals surface area (Å²) in [6.07, 6.45) is 63.5. The largest absolute Gasteiger partial charge is 0.756 e. The van der Waals surface area contributed by atoms with Gasteiger partial charge in [0.15, 0.2) is 0 Å². The number of amides is 1. The van der Waals surface area contributed by atoms with E-state index < -0.39 is 26.6 Å². The number of carbonyl (C=O) groups excluding carboxylic acids is 2. The molecule has 0 aromatic carbocycles. The Kier molecular flexibility index (Phi) is 50.9. The Bertz CT molecular complexity index is 1380. The van der Waals surface area contributed by atoms with E-state index in [1.165, 1.54) is 161 Å². The second-order valence-electron chi connectivity index (χ2n) is 21.9. The van der Waals surface area contributed by atoms with Gasteiger partial charge >= 0.3 is 5.97 Å². The van der Waals surface area contributed by atoms with Crippen LogP contribution in [0.15, 0.2) is 48.6 Å². The lowest BCUT2D eigenvalue weighted by atomic mass is 10.0. The predicted octanol–water partition coefficient (Wildman–Crippen LogP) is 17.9. The lowest BCUT2D eigenvalue weighted by molar-refractivity contribution is -0.870. The van der Waals surface area contributed by atoms with E-state index in [4.69, 9.17) is 13.8 Å². The van der Waals surface area contributed by atoms with Gasteiger partial charge in [-0.2, -0.15) is 0 Å². The van der Waals surface area contributed by atoms with Crippen LogP contribution in [0.2, 0.25) is 0 Å². The van der Waals surface area contributed by atoms with Crippen LogP contribution in [0.1, 0.15) is 284 Å². The number of hydrogen-bond acceptors (Lipinski definition) is 7. The average Bonchev–Trinajstić information content (AvgIpc) is 3.34. The first-order valence-corrected chi connectivity index (χ1v) is 31.9. The van der Waals surface area contributed by atoms with E-state index in [1.807, 2.05) is 33.3 Å². The zero-order valence-electron chi connectivity index (χ0n) is 48.1. The van der Waals surface area contributed by atoms with E-state index in [1.54, 1.807) is 0 Å². The van der Waals surface area contributed by atoms with Gasteiger partial charge in [-0.1, -0.05) is 250 Å². The van der Waals surface area contributed by atoms with Gasteiger partial charge in [0.25, 0.3) is 7.82 Å². The third-order valence-electron chi connectivity index (χ3n) is 13.5. The van der Waals surface area contributed by atoms with Gasteiger partial charge in [0.05, 0.1) is 33.8 Å². The highest BCUT2D eigenvalue weighted by Crippen LogP contribution is 2.38. The molecule has 0 fully saturated rings. The van der Waals surface area contributed by atoms with Crippen molar-refractivity contribution in [3.8, 4) is 0 Å². The number of likely N-dealkylation sites (N-methyl/N-ethyl adjacent to an activating group) is 1. The van der Waals surface area contributed by atoms with E-state index >= 15 is 0 Å². The molecule has 0 heterocycles. The van der Waals surface area contributed by atoms with Gasteiger partial charge in [0.1, 0.15) is 19.3 Å². The Labute approximate surface area is 446 Å². The van der Waals surface area contributed by atoms with Crippen molar-refractivity contribution in [2.75, 3.05) is 40.9 Å². The maximum absolute atomic E-state index is 13.5. The van der Waals surface area contributed by atoms with E-state index in [9.17, 15) is 19.0 Å². The van der Waals surface area contributed by atoms with Crippen LogP contribution in [0.4, 0.5) is 0 Å². The molecular formula is C62H117N2O7P. The maximum Gasteiger partial charge on any atom is 0.306 e. The highest BCUT2D eigenvalue weighted by Gasteiger charge is 2.27. The topological polar surface area (TPSA) is 114 Å². The molecule has 0 aromatic heterocycles. The van der Waals surface area contributed by atoms with E-state index in [2.05, 4.69) is 62.5 Å². The summed E-state index contributed by atoms with van der Waals surface area (Å²) >= 11 is 0. The standard InChI is InChI=1S/C62H117N2O7P/c1-7-10-13-16-19-22-25-28-30-31-32-33-34-36-39-42-45-48-51-54-61(65)63-59(58-70-72(67,68)69-57-56-64(4,5)6)60(53-50-47-44-41-38-35-27-24-21-18-15-12-9-3)71-62(66)55-52-49-46-43-40-37-29-26-23-20-17-14-11-8-2/h19,22,28,30,32-33,50,53,59-60H,7-18,20-21,23-27,29,31,34-49,51-52,54-58H2,1-6H3,(H-,63,65,67,68)/b22-19-,30-28-,33-32-,53-50-. The van der Waals surface area contributed by atoms with E-state index in [-0.39, 0.29) is 24.9 Å². The van der Waals surface area contributed by atoms with Gasteiger partial charge in [0, 0.05) is 12.8 Å². The molecule has 0 aliphatic carbocycles. The Morgan fingerprint density at radius 1 is 0.486 bits per heavy atom. The van der Waals surface area contributed by atoms with Crippen molar-refractivity contribution in [3.63, 3.8) is 0 Å². The fourth-order valence-electron chi connectivity index (χ4n) is 8.76. The zero-order valence-corrected chi connectivity index (χ0v) is 49.0. The van der Waals surface area contributed by atoms with Crippen molar-refractivity contribution in [2.45, 2.75) is 296 Å². The number of allylic oxidation sites excluding steroid dienone is 7. The average molecular weight is 1030 g/mol. The van der Waals surface area contributed by atoms with Crippen LogP contribution in [0, 0.1) is 0 Å². The number of carbonyl (C=O) groups is 2. The van der Waals surface area contributed by atoms with Crippen molar-refractivity contribution in [1.82, 2.24) is 5.32 Å². The molecule has 10 heteroatoms. The van der Waals surface area contributed by atoms with Gasteiger partial charge in [-0.05, 0) is 70.3 Å². The molecule has 72 heavy (non-hydrogen) atoms. The van der Waals surface area contributed by atoms with Gasteiger partial charge in [-0.25, -0.2) is 0 Å². The number of quaternary nitrogens is 1. The number of unbranched alkanes of at least 4 members (excludes halogenated alkanes) is 33.